The van der Waals surface area contributed by atoms with Gasteiger partial charge in [0, 0.05) is 48.0 Å². The molecule has 0 aliphatic carbocycles. The number of imidazole rings is 1. The minimum Gasteiger partial charge on any atom is -0.493 e. The first-order chi connectivity index (χ1) is 33.7. The van der Waals surface area contributed by atoms with Gasteiger partial charge < -0.3 is 34.9 Å². The summed E-state index contributed by atoms with van der Waals surface area (Å²) >= 11 is 6.14. The summed E-state index contributed by atoms with van der Waals surface area (Å²) in [5, 5.41) is 24.5. The van der Waals surface area contributed by atoms with Gasteiger partial charge in [-0.25, -0.2) is 4.98 Å². The number of anilines is 1. The molecule has 21 heteroatoms. The zero-order chi connectivity index (χ0) is 49.4. The van der Waals surface area contributed by atoms with Crippen molar-refractivity contribution in [2.24, 2.45) is 0 Å². The molecule has 0 spiro atoms. The van der Waals surface area contributed by atoms with Gasteiger partial charge in [0.1, 0.15) is 18.3 Å². The van der Waals surface area contributed by atoms with Crippen LogP contribution in [0.5, 0.6) is 5.88 Å². The summed E-state index contributed by atoms with van der Waals surface area (Å²) in [4.78, 5) is 71.0. The van der Waals surface area contributed by atoms with E-state index in [1.165, 1.54) is 22.9 Å². The van der Waals surface area contributed by atoms with Gasteiger partial charge in [-0.05, 0) is 85.7 Å². The van der Waals surface area contributed by atoms with Crippen LogP contribution in [0, 0.1) is 0 Å². The predicted octanol–water partition coefficient (Wildman–Crippen LogP) is 6.19. The molecule has 1 saturated heterocycles. The van der Waals surface area contributed by atoms with Crippen LogP contribution in [0.4, 0.5) is 18.9 Å². The van der Waals surface area contributed by atoms with Crippen LogP contribution in [0.2, 0.25) is 5.02 Å². The van der Waals surface area contributed by atoms with Crippen molar-refractivity contribution in [3.8, 4) is 23.1 Å². The number of imide groups is 2. The highest BCUT2D eigenvalue weighted by Gasteiger charge is 2.45. The smallest absolute Gasteiger partial charge is 0.416 e. The molecule has 17 nitrogen and oxygen atoms in total. The summed E-state index contributed by atoms with van der Waals surface area (Å²) in [5.74, 6) is -2.67. The molecule has 1 unspecified atom stereocenters. The number of halogens is 4. The van der Waals surface area contributed by atoms with Gasteiger partial charge in [-0.1, -0.05) is 54.1 Å². The topological polar surface area (TPSA) is 219 Å². The summed E-state index contributed by atoms with van der Waals surface area (Å²) in [6.07, 6.45) is -2.00. The molecule has 2 aliphatic heterocycles. The Kier molecular flexibility index (Phi) is 15.6. The number of rotatable bonds is 22. The molecular formula is C49H48ClF3N8O9. The van der Waals surface area contributed by atoms with Crippen LogP contribution in [0.1, 0.15) is 62.2 Å². The number of aryl methyl sites for hydroxylation is 2. The molecule has 0 radical (unpaired) electrons. The number of H-pyrrole nitrogens is 1. The van der Waals surface area contributed by atoms with E-state index in [-0.39, 0.29) is 74.6 Å². The van der Waals surface area contributed by atoms with E-state index in [0.29, 0.717) is 71.2 Å². The first kappa shape index (κ1) is 49.3. The average molecular weight is 985 g/mol. The first-order valence-corrected chi connectivity index (χ1v) is 22.9. The highest BCUT2D eigenvalue weighted by Crippen LogP contribution is 2.36. The van der Waals surface area contributed by atoms with Crippen molar-refractivity contribution in [2.75, 3.05) is 58.0 Å². The number of benzene rings is 4. The van der Waals surface area contributed by atoms with Crippen LogP contribution in [0.15, 0.2) is 84.9 Å². The van der Waals surface area contributed by atoms with Crippen LogP contribution in [0.25, 0.3) is 28.2 Å². The Labute approximate surface area is 403 Å². The molecule has 4 heterocycles. The molecule has 6 aromatic rings. The number of aromatic amines is 1. The van der Waals surface area contributed by atoms with Crippen molar-refractivity contribution in [3.05, 3.63) is 123 Å². The SMILES string of the molecule is O=C(COCCOCCOCCCc1ccc(CCc2c(-c3ccc(C(F)(F)F)cc3)nn(-c3nc4cc(Cl)ccc4[nH]3)c2O)cc1)NCCNc1cccc2c1C(=O)N(C1CCC(=O)NC1=O)C2=O. The molecule has 70 heavy (non-hydrogen) atoms. The monoisotopic (exact) mass is 984 g/mol. The highest BCUT2D eigenvalue weighted by atomic mass is 35.5. The number of fused-ring (bicyclic) bond motifs is 2. The number of nitrogens with zero attached hydrogens (tertiary/aromatic N) is 4. The highest BCUT2D eigenvalue weighted by molar-refractivity contribution is 6.31. The number of carbonyl (C=O) groups excluding carboxylic acids is 5. The van der Waals surface area contributed by atoms with Gasteiger partial charge in [0.05, 0.1) is 54.2 Å². The maximum absolute atomic E-state index is 13.4. The number of aromatic nitrogens is 4. The maximum Gasteiger partial charge on any atom is 0.416 e. The molecule has 8 rings (SSSR count). The molecule has 4 aromatic carbocycles. The summed E-state index contributed by atoms with van der Waals surface area (Å²) < 4.78 is 58.0. The number of alkyl halides is 3. The number of piperidine rings is 1. The molecule has 2 aliphatic rings. The lowest BCUT2D eigenvalue weighted by Crippen LogP contribution is -2.54. The molecular weight excluding hydrogens is 937 g/mol. The molecule has 0 saturated carbocycles. The Bertz CT molecular complexity index is 2890. The Morgan fingerprint density at radius 3 is 2.29 bits per heavy atom. The summed E-state index contributed by atoms with van der Waals surface area (Å²) in [7, 11) is 0. The van der Waals surface area contributed by atoms with E-state index in [1.54, 1.807) is 30.3 Å². The van der Waals surface area contributed by atoms with Gasteiger partial charge >= 0.3 is 6.18 Å². The molecule has 5 N–H and O–H groups in total. The number of hydrogen-bond acceptors (Lipinski definition) is 12. The zero-order valence-electron chi connectivity index (χ0n) is 37.6. The normalized spacial score (nSPS) is 14.9. The second-order valence-corrected chi connectivity index (χ2v) is 16.9. The van der Waals surface area contributed by atoms with Crippen molar-refractivity contribution in [3.63, 3.8) is 0 Å². The predicted molar refractivity (Wildman–Crippen MR) is 250 cm³/mol. The Hall–Kier alpha value is -7.13. The molecule has 1 atom stereocenters. The van der Waals surface area contributed by atoms with Gasteiger partial charge in [0.25, 0.3) is 11.8 Å². The van der Waals surface area contributed by atoms with Gasteiger partial charge in [0.15, 0.2) is 0 Å². The zero-order valence-corrected chi connectivity index (χ0v) is 38.3. The van der Waals surface area contributed by atoms with Crippen molar-refractivity contribution in [1.82, 2.24) is 35.3 Å². The van der Waals surface area contributed by atoms with Gasteiger partial charge in [-0.15, -0.1) is 0 Å². The van der Waals surface area contributed by atoms with Crippen molar-refractivity contribution >= 4 is 57.9 Å². The van der Waals surface area contributed by atoms with Gasteiger partial charge in [-0.3, -0.25) is 34.2 Å². The largest absolute Gasteiger partial charge is 0.493 e. The van der Waals surface area contributed by atoms with E-state index >= 15 is 0 Å². The number of amides is 5. The van der Waals surface area contributed by atoms with E-state index in [4.69, 9.17) is 25.8 Å². The number of nitrogens with one attached hydrogen (secondary N) is 4. The number of aromatic hydroxyl groups is 1. The van der Waals surface area contributed by atoms with Crippen LogP contribution in [0.3, 0.4) is 0 Å². The molecule has 5 amide bonds. The lowest BCUT2D eigenvalue weighted by molar-refractivity contribution is -0.138. The maximum atomic E-state index is 13.4. The third-order valence-electron chi connectivity index (χ3n) is 11.7. The Balaban J connectivity index is 0.698. The summed E-state index contributed by atoms with van der Waals surface area (Å²) in [6, 6.07) is 21.5. The fraction of sp³-hybridized carbons (Fsp3) is 0.327. The van der Waals surface area contributed by atoms with Crippen LogP contribution in [-0.4, -0.2) is 118 Å². The lowest BCUT2D eigenvalue weighted by atomic mass is 9.99. The van der Waals surface area contributed by atoms with E-state index in [1.807, 2.05) is 24.3 Å². The van der Waals surface area contributed by atoms with Crippen molar-refractivity contribution in [1.29, 1.82) is 0 Å². The number of ether oxygens (including phenoxy) is 3. The van der Waals surface area contributed by atoms with Gasteiger partial charge in [-0.2, -0.15) is 23.0 Å². The van der Waals surface area contributed by atoms with E-state index < -0.39 is 41.4 Å². The Morgan fingerprint density at radius 2 is 1.56 bits per heavy atom. The molecule has 0 bridgehead atoms. The summed E-state index contributed by atoms with van der Waals surface area (Å²) in [5.41, 5.74) is 4.42. The standard InChI is InChI=1S/C49H48ClF3N8O9/c50-33-15-17-36-38(27-33)57-48(56-36)61-46(66)35(43(59-61)31-11-13-32(14-12-31)49(51,52)53)16-10-30-8-6-29(7-9-30)3-2-22-68-23-24-69-25-26-70-28-41(63)55-21-20-54-37-5-1-4-34-42(37)47(67)60(45(34)65)39-18-19-40(62)58-44(39)64/h1,4-9,11-15,17,27,39,54,66H,2-3,10,16,18-26,28H2,(H,55,63)(H,56,57)(H,58,62,64). The second-order valence-electron chi connectivity index (χ2n) is 16.5. The van der Waals surface area contributed by atoms with Crippen LogP contribution < -0.4 is 16.0 Å². The molecule has 1 fully saturated rings. The number of hydrogen-bond donors (Lipinski definition) is 5. The fourth-order valence-electron chi connectivity index (χ4n) is 8.17. The fourth-order valence-corrected chi connectivity index (χ4v) is 8.34. The van der Waals surface area contributed by atoms with Crippen molar-refractivity contribution < 1.29 is 56.5 Å². The third kappa shape index (κ3) is 11.6. The average Bonchev–Trinajstić information content (AvgIpc) is 3.99. The van der Waals surface area contributed by atoms with E-state index in [0.717, 1.165) is 41.0 Å². The van der Waals surface area contributed by atoms with Gasteiger partial charge in [0.2, 0.25) is 29.5 Å². The minimum atomic E-state index is -4.50. The van der Waals surface area contributed by atoms with Crippen molar-refractivity contribution in [2.45, 2.75) is 50.7 Å². The molecule has 366 valence electrons. The number of carbonyl (C=O) groups is 5. The minimum absolute atomic E-state index is 0.0236. The van der Waals surface area contributed by atoms with E-state index in [9.17, 15) is 42.3 Å². The lowest BCUT2D eigenvalue weighted by Gasteiger charge is -2.27. The Morgan fingerprint density at radius 1 is 0.843 bits per heavy atom. The second kappa shape index (κ2) is 22.1. The van der Waals surface area contributed by atoms with Crippen LogP contribution in [-0.2, 0) is 54.0 Å². The quantitative estimate of drug-likeness (QED) is 0.0380. The summed E-state index contributed by atoms with van der Waals surface area (Å²) in [6.45, 7) is 1.97. The van der Waals surface area contributed by atoms with E-state index in [2.05, 4.69) is 31.0 Å². The third-order valence-corrected chi connectivity index (χ3v) is 12.0. The first-order valence-electron chi connectivity index (χ1n) is 22.6. The van der Waals surface area contributed by atoms with Crippen LogP contribution >= 0.6 is 11.6 Å². The molecule has 2 aromatic heterocycles.